The van der Waals surface area contributed by atoms with Gasteiger partial charge in [-0.2, -0.15) is 0 Å². The molecular weight excluding hydrogens is 474 g/mol. The van der Waals surface area contributed by atoms with E-state index in [1.807, 2.05) is 19.1 Å². The molecule has 106 valence electrons. The Labute approximate surface area is 143 Å². The quantitative estimate of drug-likeness (QED) is 0.661. The molecule has 7 heteroatoms. The van der Waals surface area contributed by atoms with Crippen LogP contribution in [0, 0.1) is 6.92 Å². The third kappa shape index (κ3) is 3.63. The van der Waals surface area contributed by atoms with Gasteiger partial charge in [-0.3, -0.25) is 4.72 Å². The summed E-state index contributed by atoms with van der Waals surface area (Å²) in [5.74, 6) is 0. The molecule has 0 saturated heterocycles. The van der Waals surface area contributed by atoms with Gasteiger partial charge in [0, 0.05) is 13.4 Å². The van der Waals surface area contributed by atoms with Crippen LogP contribution in [-0.2, 0) is 10.0 Å². The Morgan fingerprint density at radius 1 is 0.950 bits per heavy atom. The second kappa shape index (κ2) is 6.17. The predicted octanol–water partition coefficient (Wildman–Crippen LogP) is 5.08. The van der Waals surface area contributed by atoms with Crippen molar-refractivity contribution in [3.8, 4) is 0 Å². The monoisotopic (exact) mass is 481 g/mol. The topological polar surface area (TPSA) is 46.2 Å². The Bertz CT molecular complexity index is 760. The molecule has 0 unspecified atom stereocenters. The Balaban J connectivity index is 2.41. The van der Waals surface area contributed by atoms with Crippen LogP contribution in [0.25, 0.3) is 0 Å². The third-order valence-electron chi connectivity index (χ3n) is 2.55. The van der Waals surface area contributed by atoms with Gasteiger partial charge in [0.2, 0.25) is 0 Å². The summed E-state index contributed by atoms with van der Waals surface area (Å²) in [6, 6.07) is 10.3. The van der Waals surface area contributed by atoms with E-state index < -0.39 is 10.0 Å². The minimum atomic E-state index is -3.64. The van der Waals surface area contributed by atoms with Crippen molar-refractivity contribution in [1.82, 2.24) is 0 Å². The molecule has 0 fully saturated rings. The molecule has 0 spiro atoms. The van der Waals surface area contributed by atoms with Crippen LogP contribution in [-0.4, -0.2) is 8.42 Å². The first-order valence-electron chi connectivity index (χ1n) is 5.53. The van der Waals surface area contributed by atoms with Gasteiger partial charge >= 0.3 is 0 Å². The van der Waals surface area contributed by atoms with Gasteiger partial charge < -0.3 is 0 Å². The largest absolute Gasteiger partial charge is 0.278 e. The van der Waals surface area contributed by atoms with Gasteiger partial charge in [0.05, 0.1) is 5.69 Å². The van der Waals surface area contributed by atoms with E-state index in [2.05, 4.69) is 52.5 Å². The lowest BCUT2D eigenvalue weighted by atomic mass is 10.2. The van der Waals surface area contributed by atoms with Crippen LogP contribution in [0.15, 0.2) is 54.7 Å². The molecular formula is C13H10Br3NO2S. The zero-order valence-electron chi connectivity index (χ0n) is 10.3. The van der Waals surface area contributed by atoms with Crippen LogP contribution in [0.1, 0.15) is 5.56 Å². The molecule has 2 aromatic rings. The van der Waals surface area contributed by atoms with Gasteiger partial charge in [-0.05, 0) is 74.7 Å². The van der Waals surface area contributed by atoms with Crippen molar-refractivity contribution in [1.29, 1.82) is 0 Å². The molecule has 0 aromatic heterocycles. The average molecular weight is 484 g/mol. The van der Waals surface area contributed by atoms with Crippen molar-refractivity contribution >= 4 is 63.5 Å². The van der Waals surface area contributed by atoms with Crippen molar-refractivity contribution in [2.75, 3.05) is 4.72 Å². The summed E-state index contributed by atoms with van der Waals surface area (Å²) >= 11 is 9.92. The number of aryl methyl sites for hydroxylation is 1. The highest BCUT2D eigenvalue weighted by Crippen LogP contribution is 2.30. The average Bonchev–Trinajstić information content (AvgIpc) is 2.32. The molecule has 0 atom stereocenters. The maximum absolute atomic E-state index is 12.4. The lowest BCUT2D eigenvalue weighted by molar-refractivity contribution is 0.600. The van der Waals surface area contributed by atoms with Gasteiger partial charge in [-0.1, -0.05) is 22.0 Å². The van der Waals surface area contributed by atoms with Gasteiger partial charge in [0.25, 0.3) is 10.0 Å². The Hall–Kier alpha value is -0.370. The highest BCUT2D eigenvalue weighted by molar-refractivity contribution is 9.11. The van der Waals surface area contributed by atoms with Crippen molar-refractivity contribution < 1.29 is 8.42 Å². The van der Waals surface area contributed by atoms with Gasteiger partial charge in [0.1, 0.15) is 4.90 Å². The standard InChI is InChI=1S/C13H10Br3NO2S/c1-8-2-4-12(10(15)6-8)17-20(18,19)13-5-3-9(14)7-11(13)16/h2-7,17H,1H3. The van der Waals surface area contributed by atoms with Crippen molar-refractivity contribution in [3.05, 3.63) is 55.4 Å². The highest BCUT2D eigenvalue weighted by atomic mass is 79.9. The highest BCUT2D eigenvalue weighted by Gasteiger charge is 2.18. The number of anilines is 1. The van der Waals surface area contributed by atoms with Crippen molar-refractivity contribution in [3.63, 3.8) is 0 Å². The van der Waals surface area contributed by atoms with Crippen LogP contribution >= 0.6 is 47.8 Å². The molecule has 2 rings (SSSR count). The maximum Gasteiger partial charge on any atom is 0.263 e. The number of hydrogen-bond acceptors (Lipinski definition) is 2. The smallest absolute Gasteiger partial charge is 0.263 e. The van der Waals surface area contributed by atoms with Gasteiger partial charge in [-0.25, -0.2) is 8.42 Å². The van der Waals surface area contributed by atoms with Crippen LogP contribution in [0.5, 0.6) is 0 Å². The number of sulfonamides is 1. The maximum atomic E-state index is 12.4. The lowest BCUT2D eigenvalue weighted by Crippen LogP contribution is -2.14. The van der Waals surface area contributed by atoms with Crippen LogP contribution in [0.4, 0.5) is 5.69 Å². The molecule has 1 N–H and O–H groups in total. The zero-order valence-corrected chi connectivity index (χ0v) is 15.9. The van der Waals surface area contributed by atoms with E-state index in [9.17, 15) is 8.42 Å². The number of benzene rings is 2. The summed E-state index contributed by atoms with van der Waals surface area (Å²) in [4.78, 5) is 0.188. The minimum Gasteiger partial charge on any atom is -0.278 e. The molecule has 3 nitrogen and oxygen atoms in total. The summed E-state index contributed by atoms with van der Waals surface area (Å²) in [6.07, 6.45) is 0. The third-order valence-corrected chi connectivity index (χ3v) is 6.04. The van der Waals surface area contributed by atoms with Gasteiger partial charge in [-0.15, -0.1) is 0 Å². The summed E-state index contributed by atoms with van der Waals surface area (Å²) < 4.78 is 29.4. The molecule has 0 aliphatic rings. The van der Waals surface area contributed by atoms with Crippen LogP contribution in [0.3, 0.4) is 0 Å². The molecule has 0 amide bonds. The number of halogens is 3. The summed E-state index contributed by atoms with van der Waals surface area (Å²) in [5.41, 5.74) is 1.55. The Morgan fingerprint density at radius 2 is 1.65 bits per heavy atom. The molecule has 0 heterocycles. The number of rotatable bonds is 3. The normalized spacial score (nSPS) is 11.4. The fraction of sp³-hybridized carbons (Fsp3) is 0.0769. The number of hydrogen-bond donors (Lipinski definition) is 1. The molecule has 0 aliphatic carbocycles. The summed E-state index contributed by atoms with van der Waals surface area (Å²) in [7, 11) is -3.64. The second-order valence-electron chi connectivity index (χ2n) is 4.16. The van der Waals surface area contributed by atoms with Crippen molar-refractivity contribution in [2.24, 2.45) is 0 Å². The fourth-order valence-electron chi connectivity index (χ4n) is 1.60. The first-order chi connectivity index (χ1) is 9.29. The molecule has 0 saturated carbocycles. The summed E-state index contributed by atoms with van der Waals surface area (Å²) in [5, 5.41) is 0. The minimum absolute atomic E-state index is 0.188. The summed E-state index contributed by atoms with van der Waals surface area (Å²) in [6.45, 7) is 1.94. The van der Waals surface area contributed by atoms with E-state index >= 15 is 0 Å². The van der Waals surface area contributed by atoms with E-state index in [-0.39, 0.29) is 4.90 Å². The fourth-order valence-corrected chi connectivity index (χ4v) is 5.15. The first-order valence-corrected chi connectivity index (χ1v) is 9.40. The van der Waals surface area contributed by atoms with E-state index in [4.69, 9.17) is 0 Å². The van der Waals surface area contributed by atoms with E-state index in [0.717, 1.165) is 10.0 Å². The molecule has 0 radical (unpaired) electrons. The lowest BCUT2D eigenvalue weighted by Gasteiger charge is -2.11. The van der Waals surface area contributed by atoms with Crippen LogP contribution in [0.2, 0.25) is 0 Å². The van der Waals surface area contributed by atoms with Gasteiger partial charge in [0.15, 0.2) is 0 Å². The van der Waals surface area contributed by atoms with E-state index in [1.54, 1.807) is 24.3 Å². The molecule has 0 aliphatic heterocycles. The number of nitrogens with one attached hydrogen (secondary N) is 1. The predicted molar refractivity (Wildman–Crippen MR) is 91.5 cm³/mol. The van der Waals surface area contributed by atoms with E-state index in [0.29, 0.717) is 14.6 Å². The Kier molecular flexibility index (Phi) is 4.94. The van der Waals surface area contributed by atoms with Crippen molar-refractivity contribution in [2.45, 2.75) is 11.8 Å². The van der Waals surface area contributed by atoms with Crippen LogP contribution < -0.4 is 4.72 Å². The van der Waals surface area contributed by atoms with E-state index in [1.165, 1.54) is 0 Å². The molecule has 2 aromatic carbocycles. The SMILES string of the molecule is Cc1ccc(NS(=O)(=O)c2ccc(Br)cc2Br)c(Br)c1. The second-order valence-corrected chi connectivity index (χ2v) is 8.44. The molecule has 20 heavy (non-hydrogen) atoms. The molecule has 0 bridgehead atoms. The zero-order chi connectivity index (χ0) is 14.9. The Morgan fingerprint density at radius 3 is 2.25 bits per heavy atom. The first kappa shape index (κ1) is 16.0.